The van der Waals surface area contributed by atoms with Gasteiger partial charge in [0.1, 0.15) is 0 Å². The van der Waals surface area contributed by atoms with E-state index in [1.165, 1.54) is 16.5 Å². The van der Waals surface area contributed by atoms with E-state index in [9.17, 15) is 0 Å². The summed E-state index contributed by atoms with van der Waals surface area (Å²) < 4.78 is 1.15. The lowest BCUT2D eigenvalue weighted by Crippen LogP contribution is -1.88. The van der Waals surface area contributed by atoms with Crippen LogP contribution in [0.15, 0.2) is 22.7 Å². The highest BCUT2D eigenvalue weighted by Gasteiger charge is 2.03. The van der Waals surface area contributed by atoms with Crippen LogP contribution in [0.1, 0.15) is 16.8 Å². The molecule has 0 unspecified atom stereocenters. The van der Waals surface area contributed by atoms with Gasteiger partial charge in [-0.2, -0.15) is 0 Å². The van der Waals surface area contributed by atoms with Gasteiger partial charge in [0, 0.05) is 15.6 Å². The van der Waals surface area contributed by atoms with Gasteiger partial charge in [-0.3, -0.25) is 4.98 Å². The molecule has 72 valence electrons. The van der Waals surface area contributed by atoms with Gasteiger partial charge in [0.25, 0.3) is 0 Å². The molecule has 0 fully saturated rings. The number of pyridine rings is 1. The maximum absolute atomic E-state index is 4.52. The van der Waals surface area contributed by atoms with E-state index >= 15 is 0 Å². The second-order valence-corrected chi connectivity index (χ2v) is 4.55. The number of aryl methyl sites for hydroxylation is 3. The Morgan fingerprint density at radius 3 is 2.43 bits per heavy atom. The summed E-state index contributed by atoms with van der Waals surface area (Å²) in [5.74, 6) is 0. The quantitative estimate of drug-likeness (QED) is 0.690. The van der Waals surface area contributed by atoms with Crippen LogP contribution in [0.2, 0.25) is 0 Å². The van der Waals surface area contributed by atoms with Gasteiger partial charge in [-0.05, 0) is 50.1 Å². The van der Waals surface area contributed by atoms with Crippen molar-refractivity contribution in [3.63, 3.8) is 0 Å². The molecule has 0 amide bonds. The Labute approximate surface area is 92.3 Å². The lowest BCUT2D eigenvalue weighted by atomic mass is 10.1. The first-order valence-electron chi connectivity index (χ1n) is 4.62. The molecule has 2 rings (SSSR count). The van der Waals surface area contributed by atoms with E-state index < -0.39 is 0 Å². The van der Waals surface area contributed by atoms with Crippen LogP contribution in [-0.4, -0.2) is 4.98 Å². The molecule has 0 saturated carbocycles. The normalized spacial score (nSPS) is 10.9. The van der Waals surface area contributed by atoms with Crippen molar-refractivity contribution in [2.75, 3.05) is 0 Å². The van der Waals surface area contributed by atoms with Crippen LogP contribution < -0.4 is 0 Å². The van der Waals surface area contributed by atoms with E-state index in [1.807, 2.05) is 6.92 Å². The minimum absolute atomic E-state index is 1.08. The molecule has 0 spiro atoms. The molecule has 0 bridgehead atoms. The van der Waals surface area contributed by atoms with Crippen LogP contribution in [0, 0.1) is 20.8 Å². The third-order valence-electron chi connectivity index (χ3n) is 2.42. The van der Waals surface area contributed by atoms with E-state index in [4.69, 9.17) is 0 Å². The van der Waals surface area contributed by atoms with Gasteiger partial charge in [-0.15, -0.1) is 0 Å². The fraction of sp³-hybridized carbons (Fsp3) is 0.250. The summed E-state index contributed by atoms with van der Waals surface area (Å²) in [7, 11) is 0. The van der Waals surface area contributed by atoms with Crippen molar-refractivity contribution in [2.24, 2.45) is 0 Å². The molecule has 0 aliphatic carbocycles. The van der Waals surface area contributed by atoms with Crippen molar-refractivity contribution in [2.45, 2.75) is 20.8 Å². The molecule has 0 saturated heterocycles. The smallest absolute Gasteiger partial charge is 0.0711 e. The van der Waals surface area contributed by atoms with E-state index in [0.717, 1.165) is 15.7 Å². The lowest BCUT2D eigenvalue weighted by molar-refractivity contribution is 1.23. The number of aromatic nitrogens is 1. The van der Waals surface area contributed by atoms with E-state index in [2.05, 4.69) is 53.0 Å². The molecule has 1 nitrogen and oxygen atoms in total. The van der Waals surface area contributed by atoms with Gasteiger partial charge in [-0.25, -0.2) is 0 Å². The van der Waals surface area contributed by atoms with Crippen LogP contribution >= 0.6 is 15.9 Å². The Morgan fingerprint density at radius 1 is 1.00 bits per heavy atom. The molecule has 14 heavy (non-hydrogen) atoms. The van der Waals surface area contributed by atoms with Crippen LogP contribution in [-0.2, 0) is 0 Å². The Hall–Kier alpha value is -0.890. The fourth-order valence-corrected chi connectivity index (χ4v) is 2.03. The second kappa shape index (κ2) is 3.35. The molecule has 0 aliphatic heterocycles. The molecule has 1 aromatic heterocycles. The standard InChI is InChI=1S/C12H12BrN/c1-7-4-9(3)14-12-5-8(2)11(13)6-10(7)12/h4-6H,1-3H3. The molecule has 1 heterocycles. The van der Waals surface area contributed by atoms with Crippen molar-refractivity contribution < 1.29 is 0 Å². The third kappa shape index (κ3) is 1.55. The Kier molecular flexibility index (Phi) is 2.31. The minimum atomic E-state index is 1.08. The molecule has 1 aromatic carbocycles. The first kappa shape index (κ1) is 9.66. The highest BCUT2D eigenvalue weighted by Crippen LogP contribution is 2.25. The summed E-state index contributed by atoms with van der Waals surface area (Å²) in [6, 6.07) is 6.38. The second-order valence-electron chi connectivity index (χ2n) is 3.70. The zero-order valence-corrected chi connectivity index (χ0v) is 10.1. The summed E-state index contributed by atoms with van der Waals surface area (Å²) in [6.07, 6.45) is 0. The molecule has 0 atom stereocenters. The molecular weight excluding hydrogens is 238 g/mol. The highest BCUT2D eigenvalue weighted by molar-refractivity contribution is 9.10. The number of halogens is 1. The predicted molar refractivity (Wildman–Crippen MR) is 63.7 cm³/mol. The third-order valence-corrected chi connectivity index (χ3v) is 3.28. The average Bonchev–Trinajstić information content (AvgIpc) is 2.08. The van der Waals surface area contributed by atoms with Crippen molar-refractivity contribution in [1.29, 1.82) is 0 Å². The topological polar surface area (TPSA) is 12.9 Å². The monoisotopic (exact) mass is 249 g/mol. The van der Waals surface area contributed by atoms with E-state index in [0.29, 0.717) is 0 Å². The van der Waals surface area contributed by atoms with Crippen LogP contribution in [0.4, 0.5) is 0 Å². The van der Waals surface area contributed by atoms with Crippen molar-refractivity contribution in [3.8, 4) is 0 Å². The first-order chi connectivity index (χ1) is 6.58. The fourth-order valence-electron chi connectivity index (χ4n) is 1.69. The number of hydrogen-bond donors (Lipinski definition) is 0. The molecule has 2 aromatic rings. The van der Waals surface area contributed by atoms with Crippen molar-refractivity contribution >= 4 is 26.8 Å². The number of nitrogens with zero attached hydrogens (tertiary/aromatic N) is 1. The minimum Gasteiger partial charge on any atom is -0.253 e. The van der Waals surface area contributed by atoms with Gasteiger partial charge in [0.2, 0.25) is 0 Å². The summed E-state index contributed by atoms with van der Waals surface area (Å²) in [4.78, 5) is 4.52. The first-order valence-corrected chi connectivity index (χ1v) is 5.41. The molecule has 0 N–H and O–H groups in total. The van der Waals surface area contributed by atoms with Gasteiger partial charge < -0.3 is 0 Å². The molecule has 0 radical (unpaired) electrons. The summed E-state index contributed by atoms with van der Waals surface area (Å²) in [6.45, 7) is 6.24. The maximum Gasteiger partial charge on any atom is 0.0711 e. The Morgan fingerprint density at radius 2 is 1.71 bits per heavy atom. The Bertz CT molecular complexity index is 503. The molecular formula is C12H12BrN. The van der Waals surface area contributed by atoms with Crippen LogP contribution in [0.5, 0.6) is 0 Å². The number of benzene rings is 1. The SMILES string of the molecule is Cc1cc(C)c2cc(Br)c(C)cc2n1. The lowest BCUT2D eigenvalue weighted by Gasteiger charge is -2.06. The average molecular weight is 250 g/mol. The molecule has 0 aliphatic rings. The van der Waals surface area contributed by atoms with E-state index in [1.54, 1.807) is 0 Å². The summed E-state index contributed by atoms with van der Waals surface area (Å²) in [5, 5.41) is 1.23. The summed E-state index contributed by atoms with van der Waals surface area (Å²) >= 11 is 3.54. The predicted octanol–water partition coefficient (Wildman–Crippen LogP) is 3.92. The Balaban J connectivity index is 2.89. The maximum atomic E-state index is 4.52. The number of rotatable bonds is 0. The zero-order valence-electron chi connectivity index (χ0n) is 8.56. The van der Waals surface area contributed by atoms with Gasteiger partial charge >= 0.3 is 0 Å². The highest BCUT2D eigenvalue weighted by atomic mass is 79.9. The van der Waals surface area contributed by atoms with Crippen LogP contribution in [0.3, 0.4) is 0 Å². The van der Waals surface area contributed by atoms with Gasteiger partial charge in [0.05, 0.1) is 5.52 Å². The van der Waals surface area contributed by atoms with Crippen LogP contribution in [0.25, 0.3) is 10.9 Å². The van der Waals surface area contributed by atoms with Crippen molar-refractivity contribution in [1.82, 2.24) is 4.98 Å². The van der Waals surface area contributed by atoms with Gasteiger partial charge in [0.15, 0.2) is 0 Å². The van der Waals surface area contributed by atoms with Gasteiger partial charge in [-0.1, -0.05) is 15.9 Å². The van der Waals surface area contributed by atoms with E-state index in [-0.39, 0.29) is 0 Å². The largest absolute Gasteiger partial charge is 0.253 e. The number of hydrogen-bond acceptors (Lipinski definition) is 1. The number of fused-ring (bicyclic) bond motifs is 1. The zero-order chi connectivity index (χ0) is 10.3. The van der Waals surface area contributed by atoms with Crippen molar-refractivity contribution in [3.05, 3.63) is 39.5 Å². The summed E-state index contributed by atoms with van der Waals surface area (Å²) in [5.41, 5.74) is 4.68. The molecule has 2 heteroatoms.